The monoisotopic (exact) mass is 223 g/mol. The number of aryl methyl sites for hydroxylation is 2. The van der Waals surface area contributed by atoms with Gasteiger partial charge in [0.05, 0.1) is 5.69 Å². The van der Waals surface area contributed by atoms with Crippen molar-refractivity contribution < 1.29 is 0 Å². The Labute approximate surface area is 96.6 Å². The Balaban J connectivity index is 2.18. The average molecular weight is 223 g/mol. The first-order chi connectivity index (χ1) is 7.67. The van der Waals surface area contributed by atoms with Gasteiger partial charge >= 0.3 is 0 Å². The van der Waals surface area contributed by atoms with Gasteiger partial charge in [-0.1, -0.05) is 6.92 Å². The Hall–Kier alpha value is -1.07. The molecule has 1 heterocycles. The molecule has 0 bridgehead atoms. The van der Waals surface area contributed by atoms with E-state index in [2.05, 4.69) is 22.3 Å². The van der Waals surface area contributed by atoms with Crippen LogP contribution in [-0.2, 0) is 13.6 Å². The van der Waals surface area contributed by atoms with E-state index in [-0.39, 0.29) is 0 Å². The van der Waals surface area contributed by atoms with Gasteiger partial charge < -0.3 is 5.43 Å². The molecule has 0 saturated heterocycles. The summed E-state index contributed by atoms with van der Waals surface area (Å²) in [6.45, 7) is 6.28. The molecule has 0 atom stereocenters. The van der Waals surface area contributed by atoms with Gasteiger partial charge in [-0.05, 0) is 26.3 Å². The van der Waals surface area contributed by atoms with Crippen LogP contribution in [0.25, 0.3) is 0 Å². The van der Waals surface area contributed by atoms with Crippen LogP contribution in [0, 0.1) is 6.92 Å². The number of nitrogens with two attached hydrogens (primary N) is 1. The van der Waals surface area contributed by atoms with E-state index in [9.17, 15) is 0 Å². The van der Waals surface area contributed by atoms with E-state index in [1.165, 1.54) is 18.4 Å². The molecular formula is C11H21N5. The zero-order chi connectivity index (χ0) is 11.7. The molecule has 1 aromatic heterocycles. The lowest BCUT2D eigenvalue weighted by molar-refractivity contribution is 0.269. The van der Waals surface area contributed by atoms with Crippen LogP contribution >= 0.6 is 0 Å². The molecule has 0 aromatic carbocycles. The van der Waals surface area contributed by atoms with Crippen molar-refractivity contribution in [3.05, 3.63) is 11.3 Å². The highest BCUT2D eigenvalue weighted by Crippen LogP contribution is 2.30. The second-order valence-corrected chi connectivity index (χ2v) is 4.47. The summed E-state index contributed by atoms with van der Waals surface area (Å²) in [5.74, 6) is 6.47. The third-order valence-electron chi connectivity index (χ3n) is 3.31. The number of hydrogen-bond donors (Lipinski definition) is 2. The molecule has 0 aliphatic heterocycles. The van der Waals surface area contributed by atoms with E-state index in [1.807, 2.05) is 18.7 Å². The molecule has 0 radical (unpaired) electrons. The molecule has 3 N–H and O–H groups in total. The van der Waals surface area contributed by atoms with E-state index in [1.54, 1.807) is 0 Å². The molecule has 0 amide bonds. The van der Waals surface area contributed by atoms with Crippen LogP contribution in [0.4, 0.5) is 5.82 Å². The summed E-state index contributed by atoms with van der Waals surface area (Å²) >= 11 is 0. The van der Waals surface area contributed by atoms with E-state index in [4.69, 9.17) is 5.84 Å². The number of aromatic nitrogens is 2. The van der Waals surface area contributed by atoms with Gasteiger partial charge in [-0.3, -0.25) is 9.58 Å². The molecule has 16 heavy (non-hydrogen) atoms. The largest absolute Gasteiger partial charge is 0.308 e. The highest BCUT2D eigenvalue weighted by Gasteiger charge is 2.29. The van der Waals surface area contributed by atoms with Gasteiger partial charge in [0.2, 0.25) is 0 Å². The van der Waals surface area contributed by atoms with Gasteiger partial charge in [0, 0.05) is 25.2 Å². The fourth-order valence-corrected chi connectivity index (χ4v) is 2.21. The summed E-state index contributed by atoms with van der Waals surface area (Å²) in [7, 11) is 1.92. The van der Waals surface area contributed by atoms with Gasteiger partial charge in [0.15, 0.2) is 0 Å². The lowest BCUT2D eigenvalue weighted by Gasteiger charge is -2.20. The number of hydrogen-bond acceptors (Lipinski definition) is 4. The fourth-order valence-electron chi connectivity index (χ4n) is 2.21. The highest BCUT2D eigenvalue weighted by atomic mass is 15.4. The zero-order valence-corrected chi connectivity index (χ0v) is 10.3. The maximum atomic E-state index is 5.54. The van der Waals surface area contributed by atoms with Crippen molar-refractivity contribution in [1.82, 2.24) is 14.7 Å². The Bertz CT molecular complexity index is 367. The Morgan fingerprint density at radius 1 is 1.56 bits per heavy atom. The molecule has 1 aliphatic rings. The van der Waals surface area contributed by atoms with Crippen molar-refractivity contribution in [1.29, 1.82) is 0 Å². The van der Waals surface area contributed by atoms with Crippen LogP contribution in [-0.4, -0.2) is 27.3 Å². The van der Waals surface area contributed by atoms with Gasteiger partial charge in [0.1, 0.15) is 5.82 Å². The third kappa shape index (κ3) is 2.05. The first-order valence-electron chi connectivity index (χ1n) is 5.90. The summed E-state index contributed by atoms with van der Waals surface area (Å²) in [6, 6.07) is 0.773. The van der Waals surface area contributed by atoms with Crippen molar-refractivity contribution in [3.63, 3.8) is 0 Å². The molecule has 0 spiro atoms. The van der Waals surface area contributed by atoms with Crippen molar-refractivity contribution in [2.24, 2.45) is 12.9 Å². The van der Waals surface area contributed by atoms with E-state index in [0.717, 1.165) is 30.6 Å². The van der Waals surface area contributed by atoms with E-state index >= 15 is 0 Å². The summed E-state index contributed by atoms with van der Waals surface area (Å²) in [6.07, 6.45) is 2.66. The van der Waals surface area contributed by atoms with Gasteiger partial charge in [0.25, 0.3) is 0 Å². The lowest BCUT2D eigenvalue weighted by atomic mass is 10.2. The SMILES string of the molecule is CCN(Cc1c(C)nn(C)c1NN)C1CC1. The van der Waals surface area contributed by atoms with Crippen LogP contribution < -0.4 is 11.3 Å². The van der Waals surface area contributed by atoms with Crippen LogP contribution in [0.15, 0.2) is 0 Å². The fraction of sp³-hybridized carbons (Fsp3) is 0.727. The number of nitrogens with one attached hydrogen (secondary N) is 1. The number of anilines is 1. The number of rotatable bonds is 5. The number of nitrogens with zero attached hydrogens (tertiary/aromatic N) is 3. The van der Waals surface area contributed by atoms with Crippen LogP contribution in [0.1, 0.15) is 31.0 Å². The topological polar surface area (TPSA) is 59.1 Å². The lowest BCUT2D eigenvalue weighted by Crippen LogP contribution is -2.26. The minimum atomic E-state index is 0.773. The molecule has 5 nitrogen and oxygen atoms in total. The maximum absolute atomic E-state index is 5.54. The number of nitrogen functional groups attached to an aromatic ring is 1. The van der Waals surface area contributed by atoms with Crippen LogP contribution in [0.2, 0.25) is 0 Å². The molecule has 1 saturated carbocycles. The smallest absolute Gasteiger partial charge is 0.142 e. The Morgan fingerprint density at radius 3 is 2.75 bits per heavy atom. The Kier molecular flexibility index (Phi) is 3.16. The van der Waals surface area contributed by atoms with Crippen LogP contribution in [0.5, 0.6) is 0 Å². The average Bonchev–Trinajstić information content (AvgIpc) is 3.03. The maximum Gasteiger partial charge on any atom is 0.142 e. The Morgan fingerprint density at radius 2 is 2.25 bits per heavy atom. The third-order valence-corrected chi connectivity index (χ3v) is 3.31. The molecule has 90 valence electrons. The summed E-state index contributed by atoms with van der Waals surface area (Å²) in [4.78, 5) is 2.49. The van der Waals surface area contributed by atoms with Gasteiger partial charge in [-0.25, -0.2) is 5.84 Å². The second kappa shape index (κ2) is 4.43. The van der Waals surface area contributed by atoms with Gasteiger partial charge in [-0.2, -0.15) is 5.10 Å². The van der Waals surface area contributed by atoms with Crippen molar-refractivity contribution in [2.45, 2.75) is 39.3 Å². The standard InChI is InChI=1S/C11H21N5/c1-4-16(9-5-6-9)7-10-8(2)14-15(3)11(10)13-12/h9,13H,4-7,12H2,1-3H3. The molecular weight excluding hydrogens is 202 g/mol. The zero-order valence-electron chi connectivity index (χ0n) is 10.3. The minimum absolute atomic E-state index is 0.773. The predicted molar refractivity (Wildman–Crippen MR) is 64.9 cm³/mol. The van der Waals surface area contributed by atoms with Crippen molar-refractivity contribution >= 4 is 5.82 Å². The van der Waals surface area contributed by atoms with E-state index < -0.39 is 0 Å². The minimum Gasteiger partial charge on any atom is -0.308 e. The van der Waals surface area contributed by atoms with Gasteiger partial charge in [-0.15, -0.1) is 0 Å². The summed E-state index contributed by atoms with van der Waals surface area (Å²) in [5.41, 5.74) is 5.03. The number of hydrazine groups is 1. The molecule has 1 fully saturated rings. The van der Waals surface area contributed by atoms with Crippen molar-refractivity contribution in [3.8, 4) is 0 Å². The summed E-state index contributed by atoms with van der Waals surface area (Å²) in [5, 5.41) is 4.40. The molecule has 5 heteroatoms. The molecule has 1 aliphatic carbocycles. The van der Waals surface area contributed by atoms with Crippen LogP contribution in [0.3, 0.4) is 0 Å². The second-order valence-electron chi connectivity index (χ2n) is 4.47. The molecule has 2 rings (SSSR count). The molecule has 0 unspecified atom stereocenters. The van der Waals surface area contributed by atoms with Crippen molar-refractivity contribution in [2.75, 3.05) is 12.0 Å². The van der Waals surface area contributed by atoms with E-state index in [0.29, 0.717) is 0 Å². The first-order valence-corrected chi connectivity index (χ1v) is 5.90. The predicted octanol–water partition coefficient (Wildman–Crippen LogP) is 0.998. The highest BCUT2D eigenvalue weighted by molar-refractivity contribution is 5.46. The molecule has 1 aromatic rings. The normalized spacial score (nSPS) is 15.8. The quantitative estimate of drug-likeness (QED) is 0.577. The summed E-state index contributed by atoms with van der Waals surface area (Å²) < 4.78 is 1.81. The first kappa shape index (κ1) is 11.4.